The van der Waals surface area contributed by atoms with E-state index in [0.717, 1.165) is 11.3 Å². The van der Waals surface area contributed by atoms with Gasteiger partial charge in [-0.2, -0.15) is 0 Å². The third-order valence-electron chi connectivity index (χ3n) is 2.48. The molecule has 0 amide bonds. The van der Waals surface area contributed by atoms with Gasteiger partial charge in [0.05, 0.1) is 6.54 Å². The van der Waals surface area contributed by atoms with Crippen molar-refractivity contribution >= 4 is 17.4 Å². The van der Waals surface area contributed by atoms with Gasteiger partial charge in [-0.15, -0.1) is 11.8 Å². The van der Waals surface area contributed by atoms with Gasteiger partial charge in [-0.05, 0) is 30.5 Å². The zero-order chi connectivity index (χ0) is 12.6. The molecule has 0 aromatic heterocycles. The van der Waals surface area contributed by atoms with E-state index in [1.807, 2.05) is 42.5 Å². The second-order valence-electron chi connectivity index (χ2n) is 3.72. The first-order valence-corrected chi connectivity index (χ1v) is 7.03. The summed E-state index contributed by atoms with van der Waals surface area (Å²) < 4.78 is 0. The number of hydrogen-bond donors (Lipinski definition) is 1. The summed E-state index contributed by atoms with van der Waals surface area (Å²) in [6.45, 7) is 0.659. The molecular formula is C16H15NS. The highest BCUT2D eigenvalue weighted by atomic mass is 32.2. The molecule has 2 aromatic rings. The summed E-state index contributed by atoms with van der Waals surface area (Å²) in [5, 5.41) is 3.34. The van der Waals surface area contributed by atoms with Crippen molar-refractivity contribution in [2.24, 2.45) is 0 Å². The molecule has 0 aliphatic carbocycles. The second kappa shape index (κ2) is 6.78. The number of para-hydroxylation sites is 1. The van der Waals surface area contributed by atoms with Crippen LogP contribution in [0, 0.1) is 11.8 Å². The van der Waals surface area contributed by atoms with Crippen LogP contribution in [0.5, 0.6) is 0 Å². The summed E-state index contributed by atoms with van der Waals surface area (Å²) in [4.78, 5) is 1.25. The molecule has 1 nitrogen and oxygen atoms in total. The standard InChI is InChI=1S/C16H15NS/c1-18-16-12-6-5-11-15(16)17-13-7-10-14-8-3-2-4-9-14/h2-6,8-9,11-12,17H,13H2,1H3. The lowest BCUT2D eigenvalue weighted by Gasteiger charge is -2.06. The Labute approximate surface area is 113 Å². The number of hydrogen-bond acceptors (Lipinski definition) is 2. The lowest BCUT2D eigenvalue weighted by Crippen LogP contribution is -1.99. The molecule has 0 unspecified atom stereocenters. The Morgan fingerprint density at radius 1 is 1.00 bits per heavy atom. The van der Waals surface area contributed by atoms with E-state index in [-0.39, 0.29) is 0 Å². The number of thioether (sulfide) groups is 1. The van der Waals surface area contributed by atoms with E-state index >= 15 is 0 Å². The van der Waals surface area contributed by atoms with E-state index in [2.05, 4.69) is 35.5 Å². The molecule has 2 rings (SSSR count). The van der Waals surface area contributed by atoms with Crippen LogP contribution < -0.4 is 5.32 Å². The van der Waals surface area contributed by atoms with E-state index in [4.69, 9.17) is 0 Å². The monoisotopic (exact) mass is 253 g/mol. The maximum Gasteiger partial charge on any atom is 0.0770 e. The molecule has 0 saturated carbocycles. The van der Waals surface area contributed by atoms with Crippen molar-refractivity contribution in [1.29, 1.82) is 0 Å². The van der Waals surface area contributed by atoms with Crippen molar-refractivity contribution in [2.75, 3.05) is 18.1 Å². The molecule has 0 atom stereocenters. The predicted molar refractivity (Wildman–Crippen MR) is 80.0 cm³/mol. The molecule has 0 spiro atoms. The summed E-state index contributed by atoms with van der Waals surface area (Å²) >= 11 is 1.74. The van der Waals surface area contributed by atoms with Crippen LogP contribution >= 0.6 is 11.8 Å². The highest BCUT2D eigenvalue weighted by Gasteiger charge is 1.96. The van der Waals surface area contributed by atoms with Gasteiger partial charge in [0.1, 0.15) is 0 Å². The van der Waals surface area contributed by atoms with Crippen LogP contribution in [0.25, 0.3) is 0 Å². The lowest BCUT2D eigenvalue weighted by molar-refractivity contribution is 1.31. The summed E-state index contributed by atoms with van der Waals surface area (Å²) in [7, 11) is 0. The van der Waals surface area contributed by atoms with Gasteiger partial charge in [0, 0.05) is 16.1 Å². The maximum absolute atomic E-state index is 3.34. The Balaban J connectivity index is 1.95. The Hall–Kier alpha value is -1.85. The fourth-order valence-corrected chi connectivity index (χ4v) is 2.17. The first-order valence-electron chi connectivity index (χ1n) is 5.81. The number of rotatable bonds is 3. The van der Waals surface area contributed by atoms with Crippen molar-refractivity contribution < 1.29 is 0 Å². The van der Waals surface area contributed by atoms with Gasteiger partial charge in [0.25, 0.3) is 0 Å². The average Bonchev–Trinajstić information content (AvgIpc) is 2.45. The lowest BCUT2D eigenvalue weighted by atomic mass is 10.2. The molecule has 0 fully saturated rings. The van der Waals surface area contributed by atoms with Crippen molar-refractivity contribution in [3.05, 3.63) is 60.2 Å². The Morgan fingerprint density at radius 3 is 2.50 bits per heavy atom. The van der Waals surface area contributed by atoms with Crippen LogP contribution in [0.4, 0.5) is 5.69 Å². The van der Waals surface area contributed by atoms with Gasteiger partial charge < -0.3 is 5.32 Å². The molecule has 90 valence electrons. The molecule has 2 aromatic carbocycles. The normalized spacial score (nSPS) is 9.39. The fraction of sp³-hybridized carbons (Fsp3) is 0.125. The quantitative estimate of drug-likeness (QED) is 0.658. The van der Waals surface area contributed by atoms with Crippen LogP contribution in [0.2, 0.25) is 0 Å². The minimum Gasteiger partial charge on any atom is -0.373 e. The van der Waals surface area contributed by atoms with Crippen LogP contribution in [-0.2, 0) is 0 Å². The molecule has 0 heterocycles. The number of nitrogens with one attached hydrogen (secondary N) is 1. The number of anilines is 1. The van der Waals surface area contributed by atoms with Crippen LogP contribution in [0.3, 0.4) is 0 Å². The van der Waals surface area contributed by atoms with Crippen molar-refractivity contribution in [2.45, 2.75) is 4.90 Å². The van der Waals surface area contributed by atoms with Gasteiger partial charge in [0.2, 0.25) is 0 Å². The largest absolute Gasteiger partial charge is 0.373 e. The minimum atomic E-state index is 0.659. The molecule has 0 radical (unpaired) electrons. The molecule has 0 saturated heterocycles. The van der Waals surface area contributed by atoms with E-state index in [1.165, 1.54) is 4.90 Å². The molecule has 1 N–H and O–H groups in total. The summed E-state index contributed by atoms with van der Waals surface area (Å²) in [6.07, 6.45) is 2.08. The van der Waals surface area contributed by atoms with Gasteiger partial charge in [-0.3, -0.25) is 0 Å². The third-order valence-corrected chi connectivity index (χ3v) is 3.28. The van der Waals surface area contributed by atoms with Crippen molar-refractivity contribution in [3.8, 4) is 11.8 Å². The van der Waals surface area contributed by atoms with Crippen LogP contribution in [-0.4, -0.2) is 12.8 Å². The fourth-order valence-electron chi connectivity index (χ4n) is 1.60. The van der Waals surface area contributed by atoms with Gasteiger partial charge in [-0.25, -0.2) is 0 Å². The van der Waals surface area contributed by atoms with Gasteiger partial charge >= 0.3 is 0 Å². The topological polar surface area (TPSA) is 12.0 Å². The Kier molecular flexibility index (Phi) is 4.75. The molecular weight excluding hydrogens is 238 g/mol. The Bertz CT molecular complexity index is 552. The summed E-state index contributed by atoms with van der Waals surface area (Å²) in [6, 6.07) is 18.3. The number of benzene rings is 2. The summed E-state index contributed by atoms with van der Waals surface area (Å²) in [5.74, 6) is 6.26. The van der Waals surface area contributed by atoms with Crippen molar-refractivity contribution in [1.82, 2.24) is 0 Å². The Morgan fingerprint density at radius 2 is 1.72 bits per heavy atom. The molecule has 0 bridgehead atoms. The molecule has 0 aliphatic rings. The van der Waals surface area contributed by atoms with E-state index in [0.29, 0.717) is 6.54 Å². The minimum absolute atomic E-state index is 0.659. The zero-order valence-corrected chi connectivity index (χ0v) is 11.1. The van der Waals surface area contributed by atoms with Crippen molar-refractivity contribution in [3.63, 3.8) is 0 Å². The second-order valence-corrected chi connectivity index (χ2v) is 4.57. The molecule has 0 aliphatic heterocycles. The smallest absolute Gasteiger partial charge is 0.0770 e. The van der Waals surface area contributed by atoms with E-state index < -0.39 is 0 Å². The first kappa shape index (κ1) is 12.6. The highest BCUT2D eigenvalue weighted by Crippen LogP contribution is 2.24. The molecule has 2 heteroatoms. The SMILES string of the molecule is CSc1ccccc1NCC#Cc1ccccc1. The average molecular weight is 253 g/mol. The van der Waals surface area contributed by atoms with Gasteiger partial charge in [0.15, 0.2) is 0 Å². The van der Waals surface area contributed by atoms with Crippen LogP contribution in [0.1, 0.15) is 5.56 Å². The zero-order valence-electron chi connectivity index (χ0n) is 10.3. The maximum atomic E-state index is 3.34. The van der Waals surface area contributed by atoms with Crippen LogP contribution in [0.15, 0.2) is 59.5 Å². The summed E-state index contributed by atoms with van der Waals surface area (Å²) in [5.41, 5.74) is 2.20. The van der Waals surface area contributed by atoms with E-state index in [1.54, 1.807) is 11.8 Å². The van der Waals surface area contributed by atoms with Gasteiger partial charge in [-0.1, -0.05) is 42.2 Å². The highest BCUT2D eigenvalue weighted by molar-refractivity contribution is 7.98. The molecule has 18 heavy (non-hydrogen) atoms. The third kappa shape index (κ3) is 3.58. The van der Waals surface area contributed by atoms with E-state index in [9.17, 15) is 0 Å². The first-order chi connectivity index (χ1) is 8.90. The predicted octanol–water partition coefficient (Wildman–Crippen LogP) is 3.87.